The maximum atomic E-state index is 12.9. The van der Waals surface area contributed by atoms with E-state index in [2.05, 4.69) is 9.67 Å². The number of nitrogens with zero attached hydrogens (tertiary/aromatic N) is 4. The Bertz CT molecular complexity index is 979. The predicted octanol–water partition coefficient (Wildman–Crippen LogP) is 2.39. The van der Waals surface area contributed by atoms with Gasteiger partial charge >= 0.3 is 0 Å². The minimum absolute atomic E-state index is 0.0323. The lowest BCUT2D eigenvalue weighted by molar-refractivity contribution is 0.0966. The summed E-state index contributed by atoms with van der Waals surface area (Å²) in [4.78, 5) is 13.0. The summed E-state index contributed by atoms with van der Waals surface area (Å²) in [6.45, 7) is 7.37. The van der Waals surface area contributed by atoms with E-state index in [1.807, 2.05) is 19.9 Å². The van der Waals surface area contributed by atoms with Crippen LogP contribution in [0.15, 0.2) is 11.0 Å². The summed E-state index contributed by atoms with van der Waals surface area (Å²) in [5.41, 5.74) is 3.67. The van der Waals surface area contributed by atoms with E-state index in [9.17, 15) is 13.2 Å². The molecule has 0 spiro atoms. The zero-order valence-electron chi connectivity index (χ0n) is 16.2. The lowest BCUT2D eigenvalue weighted by atomic mass is 10.1. The van der Waals surface area contributed by atoms with Gasteiger partial charge in [-0.15, -0.1) is 0 Å². The van der Waals surface area contributed by atoms with Crippen LogP contribution in [0.3, 0.4) is 0 Å². The second-order valence-corrected chi connectivity index (χ2v) is 9.34. The van der Waals surface area contributed by atoms with Crippen LogP contribution in [0.5, 0.6) is 0 Å². The van der Waals surface area contributed by atoms with Crippen LogP contribution in [0.1, 0.15) is 52.0 Å². The minimum atomic E-state index is -3.60. The highest BCUT2D eigenvalue weighted by atomic mass is 32.2. The molecule has 0 bridgehead atoms. The van der Waals surface area contributed by atoms with Gasteiger partial charge in [0.1, 0.15) is 11.4 Å². The third-order valence-electron chi connectivity index (χ3n) is 5.04. The first-order valence-corrected chi connectivity index (χ1v) is 10.2. The Morgan fingerprint density at radius 3 is 2.35 bits per heavy atom. The van der Waals surface area contributed by atoms with Gasteiger partial charge in [0.2, 0.25) is 10.0 Å². The molecule has 0 radical (unpaired) electrons. The average Bonchev–Trinajstić information content (AvgIpc) is 3.25. The smallest absolute Gasteiger partial charge is 0.246 e. The van der Waals surface area contributed by atoms with E-state index < -0.39 is 10.0 Å². The van der Waals surface area contributed by atoms with Gasteiger partial charge in [-0.2, -0.15) is 5.10 Å². The minimum Gasteiger partial charge on any atom is -0.345 e. The van der Waals surface area contributed by atoms with E-state index in [1.54, 1.807) is 13.8 Å². The molecule has 0 unspecified atom stereocenters. The van der Waals surface area contributed by atoms with E-state index >= 15 is 0 Å². The Hall–Kier alpha value is -1.93. The average molecular weight is 378 g/mol. The van der Waals surface area contributed by atoms with Crippen LogP contribution in [0, 0.1) is 27.7 Å². The molecule has 0 atom stereocenters. The Morgan fingerprint density at radius 2 is 1.81 bits per heavy atom. The van der Waals surface area contributed by atoms with Gasteiger partial charge in [-0.05, 0) is 46.6 Å². The van der Waals surface area contributed by atoms with E-state index in [0.717, 1.165) is 24.2 Å². The summed E-state index contributed by atoms with van der Waals surface area (Å²) in [6, 6.07) is 2.45. The van der Waals surface area contributed by atoms with Crippen LogP contribution in [-0.2, 0) is 16.6 Å². The fourth-order valence-corrected chi connectivity index (χ4v) is 4.82. The van der Waals surface area contributed by atoms with E-state index in [-0.39, 0.29) is 17.2 Å². The second-order valence-electron chi connectivity index (χ2n) is 7.25. The van der Waals surface area contributed by atoms with Crippen LogP contribution < -0.4 is 0 Å². The quantitative estimate of drug-likeness (QED) is 0.723. The molecule has 3 rings (SSSR count). The van der Waals surface area contributed by atoms with Gasteiger partial charge in [0, 0.05) is 37.1 Å². The molecule has 7 nitrogen and oxygen atoms in total. The molecule has 0 N–H and O–H groups in total. The SMILES string of the molecule is Cc1nn(CC(=O)c2cc(C)n(C3CC3)c2C)c(C)c1S(=O)(=O)N(C)C. The lowest BCUT2D eigenvalue weighted by Gasteiger charge is -2.11. The zero-order valence-corrected chi connectivity index (χ0v) is 17.0. The van der Waals surface area contributed by atoms with Gasteiger partial charge in [0.15, 0.2) is 5.78 Å². The molecule has 8 heteroatoms. The van der Waals surface area contributed by atoms with Gasteiger partial charge < -0.3 is 4.57 Å². The van der Waals surface area contributed by atoms with Crippen LogP contribution >= 0.6 is 0 Å². The Balaban J connectivity index is 1.93. The highest BCUT2D eigenvalue weighted by Gasteiger charge is 2.30. The number of carbonyl (C=O) groups excluding carboxylic acids is 1. The lowest BCUT2D eigenvalue weighted by Crippen LogP contribution is -2.23. The van der Waals surface area contributed by atoms with E-state index in [0.29, 0.717) is 23.0 Å². The van der Waals surface area contributed by atoms with Crippen LogP contribution in [0.4, 0.5) is 0 Å². The van der Waals surface area contributed by atoms with Crippen LogP contribution in [-0.4, -0.2) is 46.9 Å². The number of aryl methyl sites for hydroxylation is 2. The Kier molecular flexibility index (Phi) is 4.60. The van der Waals surface area contributed by atoms with Crippen molar-refractivity contribution in [1.82, 2.24) is 18.7 Å². The zero-order chi connectivity index (χ0) is 19.4. The molecule has 1 aliphatic rings. The van der Waals surface area contributed by atoms with Crippen molar-refractivity contribution in [2.45, 2.75) is 58.0 Å². The van der Waals surface area contributed by atoms with Crippen LogP contribution in [0.2, 0.25) is 0 Å². The normalized spacial score (nSPS) is 15.0. The van der Waals surface area contributed by atoms with Crippen molar-refractivity contribution >= 4 is 15.8 Å². The van der Waals surface area contributed by atoms with Crippen molar-refractivity contribution in [1.29, 1.82) is 0 Å². The summed E-state index contributed by atoms with van der Waals surface area (Å²) in [5.74, 6) is -0.0515. The molecule has 1 fully saturated rings. The number of rotatable bonds is 6. The first kappa shape index (κ1) is 18.8. The van der Waals surface area contributed by atoms with Gasteiger partial charge in [-0.25, -0.2) is 12.7 Å². The molecular weight excluding hydrogens is 352 g/mol. The highest BCUT2D eigenvalue weighted by Crippen LogP contribution is 2.38. The highest BCUT2D eigenvalue weighted by molar-refractivity contribution is 7.89. The number of hydrogen-bond acceptors (Lipinski definition) is 4. The summed E-state index contributed by atoms with van der Waals surface area (Å²) in [6.07, 6.45) is 2.32. The summed E-state index contributed by atoms with van der Waals surface area (Å²) >= 11 is 0. The number of ketones is 1. The molecule has 1 aliphatic carbocycles. The third kappa shape index (κ3) is 3.01. The largest absolute Gasteiger partial charge is 0.345 e. The molecule has 142 valence electrons. The molecule has 0 aliphatic heterocycles. The number of carbonyl (C=O) groups is 1. The number of sulfonamides is 1. The maximum absolute atomic E-state index is 12.9. The Labute approximate surface area is 154 Å². The van der Waals surface area contributed by atoms with Crippen molar-refractivity contribution < 1.29 is 13.2 Å². The van der Waals surface area contributed by atoms with Gasteiger partial charge in [0.25, 0.3) is 0 Å². The number of hydrogen-bond donors (Lipinski definition) is 0. The standard InChI is InChI=1S/C18H26N4O3S/c1-11-9-16(13(3)22(11)15-7-8-15)17(23)10-21-14(4)18(12(2)19-21)26(24,25)20(5)6/h9,15H,7-8,10H2,1-6H3. The molecule has 0 amide bonds. The fourth-order valence-electron chi connectivity index (χ4n) is 3.57. The first-order chi connectivity index (χ1) is 12.1. The third-order valence-corrected chi connectivity index (χ3v) is 7.11. The fraction of sp³-hybridized carbons (Fsp3) is 0.556. The summed E-state index contributed by atoms with van der Waals surface area (Å²) in [5, 5.41) is 4.31. The molecule has 26 heavy (non-hydrogen) atoms. The van der Waals surface area contributed by atoms with Gasteiger partial charge in [-0.1, -0.05) is 0 Å². The van der Waals surface area contributed by atoms with Crippen molar-refractivity contribution in [3.8, 4) is 0 Å². The first-order valence-electron chi connectivity index (χ1n) is 8.73. The van der Waals surface area contributed by atoms with Crippen molar-refractivity contribution in [2.24, 2.45) is 0 Å². The van der Waals surface area contributed by atoms with Crippen molar-refractivity contribution in [3.63, 3.8) is 0 Å². The van der Waals surface area contributed by atoms with Crippen LogP contribution in [0.25, 0.3) is 0 Å². The summed E-state index contributed by atoms with van der Waals surface area (Å²) < 4.78 is 29.9. The second kappa shape index (κ2) is 6.35. The van der Waals surface area contributed by atoms with Gasteiger partial charge in [-0.3, -0.25) is 9.48 Å². The molecule has 0 aromatic carbocycles. The monoisotopic (exact) mass is 378 g/mol. The molecular formula is C18H26N4O3S. The number of aromatic nitrogens is 3. The topological polar surface area (TPSA) is 77.2 Å². The van der Waals surface area contributed by atoms with Crippen molar-refractivity contribution in [3.05, 3.63) is 34.4 Å². The van der Waals surface area contributed by atoms with E-state index in [4.69, 9.17) is 0 Å². The Morgan fingerprint density at radius 1 is 1.19 bits per heavy atom. The number of Topliss-reactive ketones (excluding diaryl/α,β-unsaturated/α-hetero) is 1. The predicted molar refractivity (Wildman–Crippen MR) is 99.1 cm³/mol. The van der Waals surface area contributed by atoms with Gasteiger partial charge in [0.05, 0.1) is 11.4 Å². The molecule has 2 aromatic heterocycles. The molecule has 0 saturated heterocycles. The summed E-state index contributed by atoms with van der Waals surface area (Å²) in [7, 11) is -0.618. The molecule has 2 heterocycles. The van der Waals surface area contributed by atoms with E-state index in [1.165, 1.54) is 23.1 Å². The molecule has 2 aromatic rings. The maximum Gasteiger partial charge on any atom is 0.246 e. The van der Waals surface area contributed by atoms with Crippen molar-refractivity contribution in [2.75, 3.05) is 14.1 Å². The molecule has 1 saturated carbocycles.